The molecule has 0 N–H and O–H groups in total. The molecule has 0 bridgehead atoms. The molecule has 0 atom stereocenters. The largest absolute Gasteiger partial charge is 0.451 e. The van der Waals surface area contributed by atoms with Gasteiger partial charge in [-0.3, -0.25) is 4.98 Å². The fourth-order valence-electron chi connectivity index (χ4n) is 3.23. The summed E-state index contributed by atoms with van der Waals surface area (Å²) in [7, 11) is 0. The van der Waals surface area contributed by atoms with Crippen molar-refractivity contribution < 1.29 is 30.7 Å². The van der Waals surface area contributed by atoms with E-state index in [1.165, 1.54) is 18.2 Å². The van der Waals surface area contributed by atoms with Gasteiger partial charge in [-0.1, -0.05) is 12.1 Å². The van der Waals surface area contributed by atoms with Crippen LogP contribution in [0.2, 0.25) is 0 Å². The molecule has 0 aromatic carbocycles. The lowest BCUT2D eigenvalue weighted by molar-refractivity contribution is -0.145. The zero-order valence-corrected chi connectivity index (χ0v) is 18.0. The standard InChI is InChI=1S/C22H15F7N6/c1-20(2,15-7-4-8-18(32-15)35-10-9-16(34-35)21(24,25)26)14-6-3-5-12(30-14)13-11-17(23)33-19(31-13)22(27,28)29/h3-11H,1-2H3. The first-order valence-corrected chi connectivity index (χ1v) is 9.95. The second kappa shape index (κ2) is 8.40. The third-order valence-electron chi connectivity index (χ3n) is 5.09. The highest BCUT2D eigenvalue weighted by Crippen LogP contribution is 2.32. The summed E-state index contributed by atoms with van der Waals surface area (Å²) < 4.78 is 92.5. The van der Waals surface area contributed by atoms with E-state index in [1.807, 2.05) is 0 Å². The maximum Gasteiger partial charge on any atom is 0.451 e. The average Bonchev–Trinajstić information content (AvgIpc) is 3.29. The van der Waals surface area contributed by atoms with Crippen LogP contribution in [0.4, 0.5) is 30.7 Å². The van der Waals surface area contributed by atoms with Crippen molar-refractivity contribution in [2.45, 2.75) is 31.6 Å². The highest BCUT2D eigenvalue weighted by atomic mass is 19.4. The van der Waals surface area contributed by atoms with Gasteiger partial charge in [0.1, 0.15) is 0 Å². The van der Waals surface area contributed by atoms with Crippen molar-refractivity contribution in [3.05, 3.63) is 83.6 Å². The van der Waals surface area contributed by atoms with E-state index in [2.05, 4.69) is 25.0 Å². The predicted octanol–water partition coefficient (Wildman–Crippen LogP) is 5.62. The third kappa shape index (κ3) is 4.98. The first-order chi connectivity index (χ1) is 16.2. The number of rotatable bonds is 4. The molecule has 4 aromatic rings. The molecule has 4 aromatic heterocycles. The van der Waals surface area contributed by atoms with Gasteiger partial charge < -0.3 is 0 Å². The third-order valence-corrected chi connectivity index (χ3v) is 5.09. The van der Waals surface area contributed by atoms with Crippen molar-refractivity contribution in [2.24, 2.45) is 0 Å². The molecule has 0 amide bonds. The summed E-state index contributed by atoms with van der Waals surface area (Å²) in [5.41, 5.74) is -1.67. The van der Waals surface area contributed by atoms with Gasteiger partial charge in [-0.15, -0.1) is 0 Å². The van der Waals surface area contributed by atoms with Crippen LogP contribution in [0, 0.1) is 5.95 Å². The summed E-state index contributed by atoms with van der Waals surface area (Å²) in [6.07, 6.45) is -8.43. The second-order valence-corrected chi connectivity index (χ2v) is 7.95. The van der Waals surface area contributed by atoms with Gasteiger partial charge in [0.2, 0.25) is 11.8 Å². The lowest BCUT2D eigenvalue weighted by Crippen LogP contribution is -2.23. The molecule has 0 unspecified atom stereocenters. The Kier molecular flexibility index (Phi) is 5.81. The molecule has 4 heterocycles. The molecule has 0 saturated carbocycles. The molecular formula is C22H15F7N6. The zero-order chi connectivity index (χ0) is 25.6. The van der Waals surface area contributed by atoms with Gasteiger partial charge in [-0.25, -0.2) is 14.6 Å². The van der Waals surface area contributed by atoms with E-state index in [0.29, 0.717) is 11.4 Å². The maximum atomic E-state index is 13.8. The Bertz CT molecular complexity index is 1380. The van der Waals surface area contributed by atoms with Crippen LogP contribution in [0.25, 0.3) is 17.2 Å². The van der Waals surface area contributed by atoms with Crippen LogP contribution in [0.3, 0.4) is 0 Å². The van der Waals surface area contributed by atoms with Crippen LogP contribution in [-0.4, -0.2) is 29.7 Å². The molecular weight excluding hydrogens is 481 g/mol. The number of alkyl halides is 6. The van der Waals surface area contributed by atoms with Gasteiger partial charge in [-0.05, 0) is 44.2 Å². The summed E-state index contributed by atoms with van der Waals surface area (Å²) in [5.74, 6) is -2.87. The molecule has 182 valence electrons. The molecule has 0 fully saturated rings. The van der Waals surface area contributed by atoms with E-state index in [0.717, 1.165) is 23.0 Å². The fourth-order valence-corrected chi connectivity index (χ4v) is 3.23. The highest BCUT2D eigenvalue weighted by molar-refractivity contribution is 5.54. The van der Waals surface area contributed by atoms with Crippen LogP contribution in [0.1, 0.15) is 36.8 Å². The Balaban J connectivity index is 1.72. The molecule has 13 heteroatoms. The van der Waals surface area contributed by atoms with Gasteiger partial charge in [0.15, 0.2) is 11.5 Å². The molecule has 0 spiro atoms. The van der Waals surface area contributed by atoms with Gasteiger partial charge >= 0.3 is 12.4 Å². The Morgan fingerprint density at radius 2 is 1.34 bits per heavy atom. The van der Waals surface area contributed by atoms with E-state index in [9.17, 15) is 30.7 Å². The molecule has 0 aliphatic rings. The van der Waals surface area contributed by atoms with Crippen molar-refractivity contribution in [3.8, 4) is 17.2 Å². The van der Waals surface area contributed by atoms with Crippen LogP contribution >= 0.6 is 0 Å². The lowest BCUT2D eigenvalue weighted by atomic mass is 9.84. The minimum absolute atomic E-state index is 0.0274. The van der Waals surface area contributed by atoms with Crippen molar-refractivity contribution in [1.29, 1.82) is 0 Å². The first-order valence-electron chi connectivity index (χ1n) is 9.95. The second-order valence-electron chi connectivity index (χ2n) is 7.95. The molecule has 6 nitrogen and oxygen atoms in total. The van der Waals surface area contributed by atoms with Crippen LogP contribution in [-0.2, 0) is 17.8 Å². The smallest absolute Gasteiger partial charge is 0.250 e. The fraction of sp³-hybridized carbons (Fsp3) is 0.227. The van der Waals surface area contributed by atoms with Crippen molar-refractivity contribution in [1.82, 2.24) is 29.7 Å². The molecule has 0 saturated heterocycles. The summed E-state index contributed by atoms with van der Waals surface area (Å²) in [6.45, 7) is 3.44. The zero-order valence-electron chi connectivity index (χ0n) is 18.0. The van der Waals surface area contributed by atoms with Crippen molar-refractivity contribution in [3.63, 3.8) is 0 Å². The minimum atomic E-state index is -4.95. The summed E-state index contributed by atoms with van der Waals surface area (Å²) in [4.78, 5) is 14.9. The van der Waals surface area contributed by atoms with Gasteiger partial charge in [0.05, 0.1) is 22.8 Å². The lowest BCUT2D eigenvalue weighted by Gasteiger charge is -2.24. The van der Waals surface area contributed by atoms with Crippen LogP contribution < -0.4 is 0 Å². The Hall–Kier alpha value is -3.90. The number of halogens is 7. The number of hydrogen-bond acceptors (Lipinski definition) is 5. The highest BCUT2D eigenvalue weighted by Gasteiger charge is 2.36. The van der Waals surface area contributed by atoms with Crippen molar-refractivity contribution in [2.75, 3.05) is 0 Å². The molecule has 0 radical (unpaired) electrons. The van der Waals surface area contributed by atoms with E-state index in [1.54, 1.807) is 32.0 Å². The summed E-state index contributed by atoms with van der Waals surface area (Å²) >= 11 is 0. The first kappa shape index (κ1) is 24.2. The van der Waals surface area contributed by atoms with E-state index in [-0.39, 0.29) is 17.2 Å². The Morgan fingerprint density at radius 3 is 1.97 bits per heavy atom. The van der Waals surface area contributed by atoms with Crippen molar-refractivity contribution >= 4 is 0 Å². The normalized spacial score (nSPS) is 12.7. The van der Waals surface area contributed by atoms with Crippen LogP contribution in [0.5, 0.6) is 0 Å². The number of nitrogens with zero attached hydrogens (tertiary/aromatic N) is 6. The van der Waals surface area contributed by atoms with E-state index >= 15 is 0 Å². The maximum absolute atomic E-state index is 13.8. The monoisotopic (exact) mass is 496 g/mol. The van der Waals surface area contributed by atoms with E-state index in [4.69, 9.17) is 0 Å². The molecule has 4 rings (SSSR count). The molecule has 35 heavy (non-hydrogen) atoms. The predicted molar refractivity (Wildman–Crippen MR) is 109 cm³/mol. The van der Waals surface area contributed by atoms with E-state index < -0.39 is 35.2 Å². The SMILES string of the molecule is CC(C)(c1cccc(-c2cc(F)nc(C(F)(F)F)n2)n1)c1cccc(-n2ccc(C(F)(F)F)n2)n1. The molecule has 0 aliphatic carbocycles. The number of aromatic nitrogens is 6. The minimum Gasteiger partial charge on any atom is -0.250 e. The topological polar surface area (TPSA) is 69.4 Å². The Labute approximate surface area is 193 Å². The molecule has 0 aliphatic heterocycles. The van der Waals surface area contributed by atoms with Gasteiger partial charge in [0, 0.05) is 17.7 Å². The van der Waals surface area contributed by atoms with Gasteiger partial charge in [-0.2, -0.15) is 40.8 Å². The van der Waals surface area contributed by atoms with Crippen LogP contribution in [0.15, 0.2) is 54.7 Å². The number of hydrogen-bond donors (Lipinski definition) is 0. The van der Waals surface area contributed by atoms with Gasteiger partial charge in [0.25, 0.3) is 0 Å². The average molecular weight is 496 g/mol. The quantitative estimate of drug-likeness (QED) is 0.271. The number of pyridine rings is 2. The summed E-state index contributed by atoms with van der Waals surface area (Å²) in [6, 6.07) is 10.7. The summed E-state index contributed by atoms with van der Waals surface area (Å²) in [5, 5.41) is 3.51. The Morgan fingerprint density at radius 1 is 0.686 bits per heavy atom.